The highest BCUT2D eigenvalue weighted by atomic mass is 32.2. The molecule has 1 aliphatic rings. The number of nitrogens with zero attached hydrogens (tertiary/aromatic N) is 1. The van der Waals surface area contributed by atoms with Crippen molar-refractivity contribution >= 4 is 40.9 Å². The number of ether oxygens (including phenoxy) is 1. The fraction of sp³-hybridized carbons (Fsp3) is 0.200. The van der Waals surface area contributed by atoms with Crippen LogP contribution < -0.4 is 0 Å². The van der Waals surface area contributed by atoms with Crippen LogP contribution in [0.15, 0.2) is 39.7 Å². The number of amides is 2. The van der Waals surface area contributed by atoms with Gasteiger partial charge < -0.3 is 14.3 Å². The maximum absolute atomic E-state index is 12.5. The third-order valence-corrected chi connectivity index (χ3v) is 5.28. The molecule has 1 aromatic carbocycles. The lowest BCUT2D eigenvalue weighted by Crippen LogP contribution is -2.42. The van der Waals surface area contributed by atoms with Gasteiger partial charge in [0.1, 0.15) is 17.6 Å². The highest BCUT2D eigenvalue weighted by molar-refractivity contribution is 8.18. The highest BCUT2D eigenvalue weighted by Gasteiger charge is 2.41. The van der Waals surface area contributed by atoms with Crippen molar-refractivity contribution in [3.05, 3.63) is 52.1 Å². The van der Waals surface area contributed by atoms with Gasteiger partial charge in [-0.2, -0.15) is 0 Å². The Balaban J connectivity index is 1.85. The van der Waals surface area contributed by atoms with Gasteiger partial charge in [0, 0.05) is 11.6 Å². The number of rotatable bonds is 5. The van der Waals surface area contributed by atoms with E-state index in [1.165, 1.54) is 26.2 Å². The number of furan rings is 1. The molecule has 29 heavy (non-hydrogen) atoms. The number of carbonyl (C=O) groups is 4. The lowest BCUT2D eigenvalue weighted by atomic mass is 10.0. The molecule has 1 fully saturated rings. The number of carbonyl (C=O) groups excluding carboxylic acids is 3. The van der Waals surface area contributed by atoms with Crippen molar-refractivity contribution in [3.63, 3.8) is 0 Å². The second-order valence-corrected chi connectivity index (χ2v) is 7.28. The SMILES string of the molecule is COC(=O)[C@@H](C)N1C(=O)S/C(=C/c2ccc(-c3ccc(C(=O)O)cc3C)o2)C1=O. The zero-order chi connectivity index (χ0) is 21.3. The third-order valence-electron chi connectivity index (χ3n) is 4.39. The molecular formula is C20H17NO7S. The van der Waals surface area contributed by atoms with E-state index >= 15 is 0 Å². The normalized spacial score (nSPS) is 16.4. The Morgan fingerprint density at radius 1 is 1.24 bits per heavy atom. The summed E-state index contributed by atoms with van der Waals surface area (Å²) in [4.78, 5) is 48.4. The van der Waals surface area contributed by atoms with E-state index in [1.54, 1.807) is 31.2 Å². The quantitative estimate of drug-likeness (QED) is 0.582. The average molecular weight is 415 g/mol. The number of imide groups is 1. The van der Waals surface area contributed by atoms with Gasteiger partial charge in [0.15, 0.2) is 0 Å². The minimum Gasteiger partial charge on any atom is -0.478 e. The molecule has 9 heteroatoms. The van der Waals surface area contributed by atoms with Crippen LogP contribution in [-0.2, 0) is 14.3 Å². The molecule has 8 nitrogen and oxygen atoms in total. The van der Waals surface area contributed by atoms with Crippen molar-refractivity contribution in [2.24, 2.45) is 0 Å². The first-order chi connectivity index (χ1) is 13.7. The van der Waals surface area contributed by atoms with Gasteiger partial charge in [0.25, 0.3) is 11.1 Å². The van der Waals surface area contributed by atoms with Gasteiger partial charge >= 0.3 is 11.9 Å². The van der Waals surface area contributed by atoms with Gasteiger partial charge in [0.05, 0.1) is 17.6 Å². The Labute approximate surface area is 170 Å². The first-order valence-electron chi connectivity index (χ1n) is 8.52. The number of carboxylic acids is 1. The summed E-state index contributed by atoms with van der Waals surface area (Å²) < 4.78 is 10.3. The summed E-state index contributed by atoms with van der Waals surface area (Å²) in [6.07, 6.45) is 1.43. The van der Waals surface area contributed by atoms with E-state index in [2.05, 4.69) is 4.74 Å². The van der Waals surface area contributed by atoms with Crippen LogP contribution in [0, 0.1) is 6.92 Å². The van der Waals surface area contributed by atoms with Crippen molar-refractivity contribution in [2.45, 2.75) is 19.9 Å². The lowest BCUT2D eigenvalue weighted by molar-refractivity contribution is -0.148. The highest BCUT2D eigenvalue weighted by Crippen LogP contribution is 2.35. The van der Waals surface area contributed by atoms with Crippen LogP contribution in [0.2, 0.25) is 0 Å². The van der Waals surface area contributed by atoms with E-state index in [4.69, 9.17) is 9.52 Å². The van der Waals surface area contributed by atoms with Gasteiger partial charge in [-0.05, 0) is 55.4 Å². The number of aryl methyl sites for hydroxylation is 1. The summed E-state index contributed by atoms with van der Waals surface area (Å²) in [5.74, 6) is -1.46. The van der Waals surface area contributed by atoms with Crippen LogP contribution in [0.5, 0.6) is 0 Å². The van der Waals surface area contributed by atoms with Crippen molar-refractivity contribution in [1.82, 2.24) is 4.90 Å². The molecule has 150 valence electrons. The minimum absolute atomic E-state index is 0.129. The molecule has 1 saturated heterocycles. The van der Waals surface area contributed by atoms with E-state index in [0.29, 0.717) is 28.8 Å². The summed E-state index contributed by atoms with van der Waals surface area (Å²) in [5, 5.41) is 8.50. The third kappa shape index (κ3) is 3.95. The lowest BCUT2D eigenvalue weighted by Gasteiger charge is -2.18. The first-order valence-corrected chi connectivity index (χ1v) is 9.33. The number of aromatic carboxylic acids is 1. The van der Waals surface area contributed by atoms with Gasteiger partial charge in [-0.15, -0.1) is 0 Å². The van der Waals surface area contributed by atoms with Gasteiger partial charge in [-0.3, -0.25) is 14.5 Å². The number of carboxylic acid groups (broad SMARTS) is 1. The van der Waals surface area contributed by atoms with Crippen LogP contribution in [0.1, 0.15) is 28.6 Å². The second-order valence-electron chi connectivity index (χ2n) is 6.29. The van der Waals surface area contributed by atoms with Crippen LogP contribution >= 0.6 is 11.8 Å². The van der Waals surface area contributed by atoms with Crippen molar-refractivity contribution in [3.8, 4) is 11.3 Å². The Hall–Kier alpha value is -3.33. The molecule has 1 aliphatic heterocycles. The maximum atomic E-state index is 12.5. The van der Waals surface area contributed by atoms with Crippen LogP contribution in [0.25, 0.3) is 17.4 Å². The monoisotopic (exact) mass is 415 g/mol. The van der Waals surface area contributed by atoms with E-state index in [-0.39, 0.29) is 10.5 Å². The molecule has 0 saturated carbocycles. The van der Waals surface area contributed by atoms with E-state index < -0.39 is 29.1 Å². The van der Waals surface area contributed by atoms with Crippen LogP contribution in [-0.4, -0.2) is 46.2 Å². The molecule has 1 atom stereocenters. The van der Waals surface area contributed by atoms with Crippen molar-refractivity contribution in [2.75, 3.05) is 7.11 Å². The summed E-state index contributed by atoms with van der Waals surface area (Å²) in [6.45, 7) is 3.18. The summed E-state index contributed by atoms with van der Waals surface area (Å²) >= 11 is 0.712. The second kappa shape index (κ2) is 7.96. The number of thioether (sulfide) groups is 1. The predicted molar refractivity (Wildman–Crippen MR) is 105 cm³/mol. The molecule has 0 spiro atoms. The standard InChI is InChI=1S/C20H17NO7S/c1-10-8-12(18(23)24)4-6-14(10)15-7-5-13(28-15)9-16-17(22)21(20(26)29-16)11(2)19(25)27-3/h4-9,11H,1-3H3,(H,23,24)/b16-9+/t11-/m1/s1. The molecule has 0 bridgehead atoms. The molecule has 1 N–H and O–H groups in total. The predicted octanol–water partition coefficient (Wildman–Crippen LogP) is 3.55. The Bertz CT molecular complexity index is 1050. The summed E-state index contributed by atoms with van der Waals surface area (Å²) in [6, 6.07) is 6.97. The zero-order valence-corrected chi connectivity index (χ0v) is 16.6. The average Bonchev–Trinajstić information content (AvgIpc) is 3.25. The molecule has 2 amide bonds. The number of benzene rings is 1. The Kier molecular flexibility index (Phi) is 5.60. The molecule has 0 unspecified atom stereocenters. The molecule has 3 rings (SSSR count). The number of hydrogen-bond donors (Lipinski definition) is 1. The number of methoxy groups -OCH3 is 1. The topological polar surface area (TPSA) is 114 Å². The van der Waals surface area contributed by atoms with Gasteiger partial charge in [0.2, 0.25) is 0 Å². The maximum Gasteiger partial charge on any atom is 0.335 e. The van der Waals surface area contributed by atoms with Crippen LogP contribution in [0.4, 0.5) is 4.79 Å². The number of esters is 1. The molecule has 2 aromatic rings. The van der Waals surface area contributed by atoms with E-state index in [9.17, 15) is 19.2 Å². The first kappa shape index (κ1) is 20.4. The Morgan fingerprint density at radius 2 is 1.97 bits per heavy atom. The largest absolute Gasteiger partial charge is 0.478 e. The summed E-state index contributed by atoms with van der Waals surface area (Å²) in [5.41, 5.74) is 1.60. The number of hydrogen-bond acceptors (Lipinski definition) is 7. The van der Waals surface area contributed by atoms with E-state index in [1.807, 2.05) is 0 Å². The zero-order valence-electron chi connectivity index (χ0n) is 15.8. The molecule has 1 aromatic heterocycles. The Morgan fingerprint density at radius 3 is 2.59 bits per heavy atom. The fourth-order valence-corrected chi connectivity index (χ4v) is 3.76. The fourth-order valence-electron chi connectivity index (χ4n) is 2.87. The summed E-state index contributed by atoms with van der Waals surface area (Å²) in [7, 11) is 1.18. The van der Waals surface area contributed by atoms with E-state index in [0.717, 1.165) is 10.5 Å². The van der Waals surface area contributed by atoms with Crippen molar-refractivity contribution < 1.29 is 33.4 Å². The van der Waals surface area contributed by atoms with Crippen LogP contribution in [0.3, 0.4) is 0 Å². The smallest absolute Gasteiger partial charge is 0.335 e. The van der Waals surface area contributed by atoms with Gasteiger partial charge in [-0.1, -0.05) is 6.07 Å². The molecule has 0 aliphatic carbocycles. The molecule has 0 radical (unpaired) electrons. The molecule has 2 heterocycles. The minimum atomic E-state index is -1.03. The van der Waals surface area contributed by atoms with Crippen molar-refractivity contribution in [1.29, 1.82) is 0 Å². The molecular weight excluding hydrogens is 398 g/mol. The van der Waals surface area contributed by atoms with Gasteiger partial charge in [-0.25, -0.2) is 9.59 Å².